The lowest BCUT2D eigenvalue weighted by Crippen LogP contribution is -2.33. The first-order chi connectivity index (χ1) is 8.99. The number of nitrogens with two attached hydrogens (primary N) is 1. The number of hydrogen-bond donors (Lipinski definition) is 2. The molecule has 106 valence electrons. The zero-order valence-corrected chi connectivity index (χ0v) is 13.0. The van der Waals surface area contributed by atoms with E-state index in [9.17, 15) is 8.42 Å². The van der Waals surface area contributed by atoms with Gasteiger partial charge in [0.05, 0.1) is 4.88 Å². The Morgan fingerprint density at radius 1 is 1.26 bits per heavy atom. The lowest BCUT2D eigenvalue weighted by atomic mass is 10.1. The lowest BCUT2D eigenvalue weighted by molar-refractivity contribution is 0.511. The molecule has 0 saturated heterocycles. The van der Waals surface area contributed by atoms with Crippen molar-refractivity contribution in [1.29, 1.82) is 0 Å². The van der Waals surface area contributed by atoms with Crippen molar-refractivity contribution < 1.29 is 8.42 Å². The van der Waals surface area contributed by atoms with Gasteiger partial charge in [0.1, 0.15) is 9.20 Å². The topological polar surface area (TPSA) is 72.2 Å². The molecular weight excluding hydrogens is 300 g/mol. The van der Waals surface area contributed by atoms with E-state index in [2.05, 4.69) is 4.72 Å². The van der Waals surface area contributed by atoms with E-state index in [4.69, 9.17) is 18.0 Å². The molecule has 1 aliphatic rings. The average Bonchev–Trinajstić information content (AvgIpc) is 2.72. The Hall–Kier alpha value is -0.500. The summed E-state index contributed by atoms with van der Waals surface area (Å²) in [5.74, 6) is 0. The van der Waals surface area contributed by atoms with Gasteiger partial charge in [-0.2, -0.15) is 0 Å². The van der Waals surface area contributed by atoms with Crippen LogP contribution in [0, 0.1) is 0 Å². The summed E-state index contributed by atoms with van der Waals surface area (Å²) in [4.78, 5) is 0.872. The molecule has 0 amide bonds. The smallest absolute Gasteiger partial charge is 0.250 e. The molecule has 1 saturated carbocycles. The van der Waals surface area contributed by atoms with Gasteiger partial charge >= 0.3 is 0 Å². The van der Waals surface area contributed by atoms with E-state index in [0.29, 0.717) is 9.09 Å². The summed E-state index contributed by atoms with van der Waals surface area (Å²) < 4.78 is 27.6. The van der Waals surface area contributed by atoms with Gasteiger partial charge in [0.2, 0.25) is 10.0 Å². The van der Waals surface area contributed by atoms with Crippen LogP contribution in [0.4, 0.5) is 0 Å². The molecule has 1 aromatic heterocycles. The Morgan fingerprint density at radius 2 is 1.89 bits per heavy atom. The fourth-order valence-electron chi connectivity index (χ4n) is 2.27. The molecule has 0 spiro atoms. The fourth-order valence-corrected chi connectivity index (χ4v) is 4.94. The summed E-state index contributed by atoms with van der Waals surface area (Å²) in [5, 5.41) is 0. The number of rotatable bonds is 4. The van der Waals surface area contributed by atoms with Crippen LogP contribution in [-0.4, -0.2) is 19.4 Å². The third-order valence-electron chi connectivity index (χ3n) is 3.27. The lowest BCUT2D eigenvalue weighted by Gasteiger charge is -2.15. The molecule has 0 atom stereocenters. The fraction of sp³-hybridized carbons (Fsp3) is 0.583. The average molecular weight is 318 g/mol. The van der Waals surface area contributed by atoms with Crippen LogP contribution in [0.25, 0.3) is 0 Å². The summed E-state index contributed by atoms with van der Waals surface area (Å²) in [6, 6.07) is 3.29. The van der Waals surface area contributed by atoms with Gasteiger partial charge in [-0.05, 0) is 25.0 Å². The predicted octanol–water partition coefficient (Wildman–Crippen LogP) is 2.38. The highest BCUT2D eigenvalue weighted by Crippen LogP contribution is 2.24. The van der Waals surface area contributed by atoms with Gasteiger partial charge in [0.15, 0.2) is 0 Å². The summed E-state index contributed by atoms with van der Waals surface area (Å²) in [6.07, 6.45) is 6.43. The highest BCUT2D eigenvalue weighted by molar-refractivity contribution is 7.91. The molecule has 0 unspecified atom stereocenters. The van der Waals surface area contributed by atoms with Crippen molar-refractivity contribution in [2.24, 2.45) is 5.73 Å². The molecule has 4 nitrogen and oxygen atoms in total. The Morgan fingerprint density at radius 3 is 2.42 bits per heavy atom. The third-order valence-corrected chi connectivity index (χ3v) is 6.75. The minimum Gasteiger partial charge on any atom is -0.389 e. The predicted molar refractivity (Wildman–Crippen MR) is 82.0 cm³/mol. The SMILES string of the molecule is NC(=S)c1ccc(S(=O)(=O)NC2CCCCCC2)s1. The van der Waals surface area contributed by atoms with Gasteiger partial charge < -0.3 is 5.73 Å². The number of hydrogen-bond acceptors (Lipinski definition) is 4. The van der Waals surface area contributed by atoms with Crippen molar-refractivity contribution in [3.63, 3.8) is 0 Å². The van der Waals surface area contributed by atoms with Crippen molar-refractivity contribution in [1.82, 2.24) is 4.72 Å². The van der Waals surface area contributed by atoms with Crippen LogP contribution in [0.3, 0.4) is 0 Å². The van der Waals surface area contributed by atoms with Gasteiger partial charge in [-0.1, -0.05) is 37.9 Å². The summed E-state index contributed by atoms with van der Waals surface area (Å²) in [7, 11) is -3.44. The second-order valence-electron chi connectivity index (χ2n) is 4.79. The van der Waals surface area contributed by atoms with Crippen LogP contribution in [0.5, 0.6) is 0 Å². The third kappa shape index (κ3) is 3.98. The molecule has 1 heterocycles. The maximum atomic E-state index is 12.3. The van der Waals surface area contributed by atoms with Crippen LogP contribution >= 0.6 is 23.6 Å². The van der Waals surface area contributed by atoms with E-state index in [0.717, 1.165) is 37.0 Å². The summed E-state index contributed by atoms with van der Waals surface area (Å²) in [6.45, 7) is 0. The molecular formula is C12H18N2O2S3. The second-order valence-corrected chi connectivity index (χ2v) is 8.26. The van der Waals surface area contributed by atoms with Crippen LogP contribution in [0.15, 0.2) is 16.3 Å². The normalized spacial score (nSPS) is 18.1. The number of thiocarbonyl (C=S) groups is 1. The van der Waals surface area contributed by atoms with E-state index in [1.165, 1.54) is 12.8 Å². The number of thiophene rings is 1. The minimum absolute atomic E-state index is 0.0582. The van der Waals surface area contributed by atoms with Crippen LogP contribution in [-0.2, 0) is 10.0 Å². The van der Waals surface area contributed by atoms with E-state index in [1.807, 2.05) is 0 Å². The van der Waals surface area contributed by atoms with Crippen molar-refractivity contribution in [3.8, 4) is 0 Å². The van der Waals surface area contributed by atoms with Gasteiger partial charge in [0, 0.05) is 6.04 Å². The van der Waals surface area contributed by atoms with E-state index >= 15 is 0 Å². The van der Waals surface area contributed by atoms with Crippen LogP contribution in [0.2, 0.25) is 0 Å². The zero-order valence-electron chi connectivity index (χ0n) is 10.6. The molecule has 0 aliphatic heterocycles. The second kappa shape index (κ2) is 6.30. The van der Waals surface area contributed by atoms with E-state index < -0.39 is 10.0 Å². The minimum atomic E-state index is -3.44. The van der Waals surface area contributed by atoms with Gasteiger partial charge in [-0.3, -0.25) is 0 Å². The molecule has 0 aromatic carbocycles. The summed E-state index contributed by atoms with van der Waals surface area (Å²) in [5.41, 5.74) is 5.50. The quantitative estimate of drug-likeness (QED) is 0.660. The Labute approximate surface area is 123 Å². The molecule has 1 aromatic rings. The highest BCUT2D eigenvalue weighted by Gasteiger charge is 2.22. The Balaban J connectivity index is 2.10. The molecule has 7 heteroatoms. The van der Waals surface area contributed by atoms with Crippen LogP contribution < -0.4 is 10.5 Å². The molecule has 2 rings (SSSR count). The first kappa shape index (κ1) is 14.9. The zero-order chi connectivity index (χ0) is 13.9. The standard InChI is InChI=1S/C12H18N2O2S3/c13-12(17)10-7-8-11(18-10)19(15,16)14-9-5-3-1-2-4-6-9/h7-9,14H,1-6H2,(H2,13,17). The maximum Gasteiger partial charge on any atom is 0.250 e. The van der Waals surface area contributed by atoms with Crippen LogP contribution in [0.1, 0.15) is 43.4 Å². The van der Waals surface area contributed by atoms with Gasteiger partial charge in [-0.25, -0.2) is 13.1 Å². The molecule has 3 N–H and O–H groups in total. The first-order valence-corrected chi connectivity index (χ1v) is 9.12. The van der Waals surface area contributed by atoms with E-state index in [1.54, 1.807) is 12.1 Å². The van der Waals surface area contributed by atoms with E-state index in [-0.39, 0.29) is 11.0 Å². The van der Waals surface area contributed by atoms with Crippen molar-refractivity contribution in [2.75, 3.05) is 0 Å². The van der Waals surface area contributed by atoms with Gasteiger partial charge in [-0.15, -0.1) is 11.3 Å². The Bertz CT molecular complexity index is 543. The summed E-state index contributed by atoms with van der Waals surface area (Å²) >= 11 is 5.98. The monoisotopic (exact) mass is 318 g/mol. The highest BCUT2D eigenvalue weighted by atomic mass is 32.2. The molecule has 1 aliphatic carbocycles. The van der Waals surface area contributed by atoms with Gasteiger partial charge in [0.25, 0.3) is 0 Å². The van der Waals surface area contributed by atoms with Crippen molar-refractivity contribution >= 4 is 38.6 Å². The maximum absolute atomic E-state index is 12.3. The molecule has 1 fully saturated rings. The molecule has 0 bridgehead atoms. The van der Waals surface area contributed by atoms with Crippen molar-refractivity contribution in [3.05, 3.63) is 17.0 Å². The number of nitrogens with one attached hydrogen (secondary N) is 1. The largest absolute Gasteiger partial charge is 0.389 e. The molecule has 19 heavy (non-hydrogen) atoms. The Kier molecular flexibility index (Phi) is 4.94. The molecule has 0 radical (unpaired) electrons. The first-order valence-electron chi connectivity index (χ1n) is 6.41. The van der Waals surface area contributed by atoms with Crippen molar-refractivity contribution in [2.45, 2.75) is 48.8 Å². The number of sulfonamides is 1.